The van der Waals surface area contributed by atoms with E-state index in [-0.39, 0.29) is 11.7 Å². The number of anilines is 2. The molecule has 4 aromatic carbocycles. The molecule has 4 aromatic rings. The minimum absolute atomic E-state index is 0.112. The first kappa shape index (κ1) is 31.8. The maximum Gasteiger partial charge on any atom is 0.328 e. The smallest absolute Gasteiger partial charge is 0.328 e. The Kier molecular flexibility index (Phi) is 11.1. The van der Waals surface area contributed by atoms with E-state index in [1.807, 2.05) is 79.7 Å². The van der Waals surface area contributed by atoms with Crippen molar-refractivity contribution < 1.29 is 23.9 Å². The zero-order valence-corrected chi connectivity index (χ0v) is 25.4. The van der Waals surface area contributed by atoms with E-state index in [9.17, 15) is 14.4 Å². The summed E-state index contributed by atoms with van der Waals surface area (Å²) in [5.74, 6) is 0.00167. The number of esters is 1. The molecule has 4 rings (SSSR count). The largest absolute Gasteiger partial charge is 0.494 e. The van der Waals surface area contributed by atoms with Crippen LogP contribution >= 0.6 is 0 Å². The molecule has 0 aromatic heterocycles. The van der Waals surface area contributed by atoms with Crippen molar-refractivity contribution in [3.63, 3.8) is 0 Å². The van der Waals surface area contributed by atoms with Crippen LogP contribution in [-0.2, 0) is 20.7 Å². The number of carbonyl (C=O) groups excluding carboxylic acids is 3. The fourth-order valence-corrected chi connectivity index (χ4v) is 4.75. The molecule has 44 heavy (non-hydrogen) atoms. The third-order valence-electron chi connectivity index (χ3n) is 7.14. The third kappa shape index (κ3) is 8.44. The summed E-state index contributed by atoms with van der Waals surface area (Å²) in [5.41, 5.74) is 4.92. The second-order valence-corrected chi connectivity index (χ2v) is 10.6. The SMILES string of the molecule is C=C(C)C(=O)N(CCCOc1ccc(C[C@H](Nc2ccccc2C(=O)c2ccccc2)C(=O)OC)cc1)c1ccc(C)cc1. The molecular formula is C37H38N2O5. The highest BCUT2D eigenvalue weighted by Gasteiger charge is 2.23. The highest BCUT2D eigenvalue weighted by molar-refractivity contribution is 6.12. The number of methoxy groups -OCH3 is 1. The summed E-state index contributed by atoms with van der Waals surface area (Å²) in [7, 11) is 1.35. The van der Waals surface area contributed by atoms with Crippen LogP contribution in [0.1, 0.15) is 40.4 Å². The molecule has 0 saturated heterocycles. The number of benzene rings is 4. The summed E-state index contributed by atoms with van der Waals surface area (Å²) < 4.78 is 11.0. The van der Waals surface area contributed by atoms with Crippen LogP contribution in [-0.4, -0.2) is 44.0 Å². The standard InChI is InChI=1S/C37H38N2O5/c1-26(2)36(41)39(30-19-15-27(3)16-20-30)23-10-24-44-31-21-17-28(18-22-31)25-34(37(42)43-4)38-33-14-9-8-13-32(33)35(40)29-11-6-5-7-12-29/h5-9,11-22,34,38H,1,10,23-25H2,2-4H3/t34-/m0/s1. The normalized spacial score (nSPS) is 11.2. The van der Waals surface area contributed by atoms with Crippen LogP contribution in [0.3, 0.4) is 0 Å². The Morgan fingerprint density at radius 3 is 2.18 bits per heavy atom. The van der Waals surface area contributed by atoms with E-state index in [4.69, 9.17) is 9.47 Å². The molecule has 7 heteroatoms. The van der Waals surface area contributed by atoms with Gasteiger partial charge in [-0.25, -0.2) is 4.79 Å². The van der Waals surface area contributed by atoms with Gasteiger partial charge in [-0.3, -0.25) is 9.59 Å². The topological polar surface area (TPSA) is 84.9 Å². The minimum atomic E-state index is -0.713. The summed E-state index contributed by atoms with van der Waals surface area (Å²) in [4.78, 5) is 40.4. The van der Waals surface area contributed by atoms with E-state index in [0.29, 0.717) is 54.1 Å². The number of amides is 1. The van der Waals surface area contributed by atoms with E-state index in [0.717, 1.165) is 16.8 Å². The predicted molar refractivity (Wildman–Crippen MR) is 174 cm³/mol. The molecular weight excluding hydrogens is 552 g/mol. The molecule has 7 nitrogen and oxygen atoms in total. The Hall–Kier alpha value is -5.17. The molecule has 0 fully saturated rings. The Bertz CT molecular complexity index is 1580. The number of ketones is 1. The van der Waals surface area contributed by atoms with Gasteiger partial charge in [0, 0.05) is 41.0 Å². The number of para-hydroxylation sites is 1. The highest BCUT2D eigenvalue weighted by Crippen LogP contribution is 2.23. The van der Waals surface area contributed by atoms with Gasteiger partial charge in [0.05, 0.1) is 13.7 Å². The van der Waals surface area contributed by atoms with E-state index >= 15 is 0 Å². The summed E-state index contributed by atoms with van der Waals surface area (Å²) >= 11 is 0. The fourth-order valence-electron chi connectivity index (χ4n) is 4.75. The lowest BCUT2D eigenvalue weighted by atomic mass is 10.00. The lowest BCUT2D eigenvalue weighted by Gasteiger charge is -2.23. The van der Waals surface area contributed by atoms with Crippen molar-refractivity contribution in [1.29, 1.82) is 0 Å². The van der Waals surface area contributed by atoms with Crippen molar-refractivity contribution in [3.05, 3.63) is 138 Å². The molecule has 0 spiro atoms. The van der Waals surface area contributed by atoms with Gasteiger partial charge in [-0.1, -0.05) is 78.9 Å². The zero-order valence-electron chi connectivity index (χ0n) is 25.4. The number of nitrogens with one attached hydrogen (secondary N) is 1. The van der Waals surface area contributed by atoms with E-state index in [1.54, 1.807) is 42.2 Å². The lowest BCUT2D eigenvalue weighted by molar-refractivity contribution is -0.141. The van der Waals surface area contributed by atoms with Gasteiger partial charge in [-0.2, -0.15) is 0 Å². The molecule has 0 aliphatic heterocycles. The van der Waals surface area contributed by atoms with Crippen LogP contribution in [0.2, 0.25) is 0 Å². The van der Waals surface area contributed by atoms with Gasteiger partial charge < -0.3 is 19.7 Å². The number of carbonyl (C=O) groups is 3. The molecule has 0 aliphatic rings. The van der Waals surface area contributed by atoms with Gasteiger partial charge in [-0.15, -0.1) is 0 Å². The molecule has 0 bridgehead atoms. The van der Waals surface area contributed by atoms with E-state index in [1.165, 1.54) is 7.11 Å². The third-order valence-corrected chi connectivity index (χ3v) is 7.14. The molecule has 226 valence electrons. The van der Waals surface area contributed by atoms with Crippen molar-refractivity contribution in [2.75, 3.05) is 30.5 Å². The Balaban J connectivity index is 1.37. The highest BCUT2D eigenvalue weighted by atomic mass is 16.5. The average Bonchev–Trinajstić information content (AvgIpc) is 3.05. The van der Waals surface area contributed by atoms with Crippen LogP contribution in [0.4, 0.5) is 11.4 Å². The van der Waals surface area contributed by atoms with Crippen LogP contribution in [0.5, 0.6) is 5.75 Å². The fraction of sp³-hybridized carbons (Fsp3) is 0.216. The van der Waals surface area contributed by atoms with Gasteiger partial charge in [-0.05, 0) is 62.2 Å². The Morgan fingerprint density at radius 1 is 0.864 bits per heavy atom. The van der Waals surface area contributed by atoms with Gasteiger partial charge in [0.25, 0.3) is 5.91 Å². The summed E-state index contributed by atoms with van der Waals surface area (Å²) in [6.07, 6.45) is 0.972. The zero-order chi connectivity index (χ0) is 31.5. The molecule has 1 N–H and O–H groups in total. The number of hydrogen-bond donors (Lipinski definition) is 1. The maximum absolute atomic E-state index is 13.2. The van der Waals surface area contributed by atoms with Crippen molar-refractivity contribution in [3.8, 4) is 5.75 Å². The lowest BCUT2D eigenvalue weighted by Crippen LogP contribution is -2.33. The van der Waals surface area contributed by atoms with Crippen LogP contribution in [0.25, 0.3) is 0 Å². The summed E-state index contributed by atoms with van der Waals surface area (Å²) in [6.45, 7) is 8.45. The second kappa shape index (κ2) is 15.3. The molecule has 1 amide bonds. The maximum atomic E-state index is 13.2. The molecule has 1 atom stereocenters. The monoisotopic (exact) mass is 590 g/mol. The number of aryl methyl sites for hydroxylation is 1. The van der Waals surface area contributed by atoms with Crippen LogP contribution < -0.4 is 15.0 Å². The molecule has 0 unspecified atom stereocenters. The minimum Gasteiger partial charge on any atom is -0.494 e. The molecule has 0 saturated carbocycles. The summed E-state index contributed by atoms with van der Waals surface area (Å²) in [6, 6.07) is 30.8. The number of rotatable bonds is 14. The molecule has 0 aliphatic carbocycles. The first-order valence-corrected chi connectivity index (χ1v) is 14.6. The van der Waals surface area contributed by atoms with Crippen LogP contribution in [0, 0.1) is 6.92 Å². The van der Waals surface area contributed by atoms with Crippen molar-refractivity contribution in [2.45, 2.75) is 32.7 Å². The predicted octanol–water partition coefficient (Wildman–Crippen LogP) is 6.80. The van der Waals surface area contributed by atoms with E-state index < -0.39 is 12.0 Å². The van der Waals surface area contributed by atoms with Gasteiger partial charge >= 0.3 is 5.97 Å². The van der Waals surface area contributed by atoms with Gasteiger partial charge in [0.15, 0.2) is 5.78 Å². The van der Waals surface area contributed by atoms with E-state index in [2.05, 4.69) is 11.9 Å². The number of nitrogens with zero attached hydrogens (tertiary/aromatic N) is 1. The Labute approximate surface area is 259 Å². The van der Waals surface area contributed by atoms with Crippen LogP contribution in [0.15, 0.2) is 115 Å². The quantitative estimate of drug-likeness (QED) is 0.0753. The molecule has 0 radical (unpaired) electrons. The number of ether oxygens (including phenoxy) is 2. The van der Waals surface area contributed by atoms with Crippen molar-refractivity contribution >= 4 is 29.0 Å². The first-order valence-electron chi connectivity index (χ1n) is 14.6. The van der Waals surface area contributed by atoms with Crippen molar-refractivity contribution in [2.24, 2.45) is 0 Å². The van der Waals surface area contributed by atoms with Crippen molar-refractivity contribution in [1.82, 2.24) is 0 Å². The average molecular weight is 591 g/mol. The Morgan fingerprint density at radius 2 is 1.52 bits per heavy atom. The summed E-state index contributed by atoms with van der Waals surface area (Å²) in [5, 5.41) is 3.23. The second-order valence-electron chi connectivity index (χ2n) is 10.6. The number of hydrogen-bond acceptors (Lipinski definition) is 6. The first-order chi connectivity index (χ1) is 21.3. The molecule has 0 heterocycles. The van der Waals surface area contributed by atoms with Gasteiger partial charge in [0.1, 0.15) is 11.8 Å². The van der Waals surface area contributed by atoms with Gasteiger partial charge in [0.2, 0.25) is 0 Å².